The molecule has 1 saturated heterocycles. The maximum atomic E-state index is 13.4. The normalized spacial score (nSPS) is 50.4. The molecule has 29 heavy (non-hydrogen) atoms. The third-order valence-electron chi connectivity index (χ3n) is 10.8. The van der Waals surface area contributed by atoms with Gasteiger partial charge in [0.25, 0.3) is 0 Å². The molecule has 4 aliphatic carbocycles. The summed E-state index contributed by atoms with van der Waals surface area (Å²) in [6.07, 6.45) is 12.4. The Morgan fingerprint density at radius 3 is 2.45 bits per heavy atom. The van der Waals surface area contributed by atoms with Crippen LogP contribution in [0.15, 0.2) is 0 Å². The van der Waals surface area contributed by atoms with Gasteiger partial charge in [0.2, 0.25) is 0 Å². The van der Waals surface area contributed by atoms with E-state index in [9.17, 15) is 4.79 Å². The van der Waals surface area contributed by atoms with Crippen molar-refractivity contribution < 1.29 is 9.53 Å². The summed E-state index contributed by atoms with van der Waals surface area (Å²) in [6, 6.07) is 0. The number of Topliss-reactive ketones (excluding diaryl/α,β-unsaturated/α-hetero) is 1. The molecule has 0 amide bonds. The van der Waals surface area contributed by atoms with Gasteiger partial charge in [-0.05, 0) is 91.8 Å². The lowest BCUT2D eigenvalue weighted by Crippen LogP contribution is -2.54. The SMILES string of the molecule is C[C@H]1CC[C@]2(C)C3CC[C@@]4(C)C(CC[C@@H]4C(=O)CN4CCOCC4)[C@@H]3CC[C@@H]2C1. The van der Waals surface area contributed by atoms with Crippen LogP contribution in [0.3, 0.4) is 0 Å². The van der Waals surface area contributed by atoms with Gasteiger partial charge in [0.15, 0.2) is 0 Å². The topological polar surface area (TPSA) is 29.5 Å². The molecular weight excluding hydrogens is 358 g/mol. The van der Waals surface area contributed by atoms with Crippen LogP contribution in [-0.4, -0.2) is 43.5 Å². The van der Waals surface area contributed by atoms with E-state index in [1.54, 1.807) is 0 Å². The molecule has 0 spiro atoms. The van der Waals surface area contributed by atoms with E-state index in [1.807, 2.05) is 0 Å². The van der Waals surface area contributed by atoms with Gasteiger partial charge in [-0.15, -0.1) is 0 Å². The largest absolute Gasteiger partial charge is 0.379 e. The van der Waals surface area contributed by atoms with Crippen LogP contribution in [0.2, 0.25) is 0 Å². The van der Waals surface area contributed by atoms with Crippen LogP contribution in [0.4, 0.5) is 0 Å². The van der Waals surface area contributed by atoms with Gasteiger partial charge in [-0.25, -0.2) is 0 Å². The smallest absolute Gasteiger partial charge is 0.150 e. The molecule has 0 N–H and O–H groups in total. The molecule has 1 heterocycles. The van der Waals surface area contributed by atoms with Gasteiger partial charge in [-0.2, -0.15) is 0 Å². The molecular formula is C26H43NO2. The van der Waals surface area contributed by atoms with Crippen molar-refractivity contribution in [1.29, 1.82) is 0 Å². The lowest BCUT2D eigenvalue weighted by atomic mass is 9.44. The molecule has 4 saturated carbocycles. The van der Waals surface area contributed by atoms with Gasteiger partial charge in [-0.1, -0.05) is 27.2 Å². The number of hydrogen-bond acceptors (Lipinski definition) is 3. The standard InChI is InChI=1S/C26H43NO2/c1-18-8-10-25(2)19(16-18)4-5-20-21-6-7-23(26(21,3)11-9-22(20)25)24(28)17-27-12-14-29-15-13-27/h18-23H,4-17H2,1-3H3/t18-,19+,20-,21?,22?,23+,25-,26-/m0/s1. The zero-order valence-electron chi connectivity index (χ0n) is 19.1. The van der Waals surface area contributed by atoms with E-state index in [4.69, 9.17) is 4.74 Å². The number of carbonyl (C=O) groups is 1. The summed E-state index contributed by atoms with van der Waals surface area (Å²) >= 11 is 0. The predicted molar refractivity (Wildman–Crippen MR) is 117 cm³/mol. The molecule has 5 rings (SSSR count). The highest BCUT2D eigenvalue weighted by Gasteiger charge is 2.60. The molecule has 0 bridgehead atoms. The summed E-state index contributed by atoms with van der Waals surface area (Å²) in [7, 11) is 0. The van der Waals surface area contributed by atoms with Crippen molar-refractivity contribution in [2.75, 3.05) is 32.8 Å². The van der Waals surface area contributed by atoms with Crippen LogP contribution in [0.1, 0.15) is 78.6 Å². The van der Waals surface area contributed by atoms with Crippen LogP contribution in [0, 0.1) is 46.3 Å². The Morgan fingerprint density at radius 1 is 0.931 bits per heavy atom. The lowest BCUT2D eigenvalue weighted by Gasteiger charge is -2.61. The minimum Gasteiger partial charge on any atom is -0.379 e. The first-order chi connectivity index (χ1) is 13.9. The molecule has 0 radical (unpaired) electrons. The maximum absolute atomic E-state index is 13.4. The quantitative estimate of drug-likeness (QED) is 0.652. The Bertz CT molecular complexity index is 628. The number of morpholine rings is 1. The van der Waals surface area contributed by atoms with Crippen molar-refractivity contribution in [1.82, 2.24) is 4.90 Å². The molecule has 5 aliphatic rings. The maximum Gasteiger partial charge on any atom is 0.150 e. The average molecular weight is 402 g/mol. The zero-order chi connectivity index (χ0) is 20.2. The molecule has 0 aromatic heterocycles. The van der Waals surface area contributed by atoms with E-state index in [-0.39, 0.29) is 5.41 Å². The first kappa shape index (κ1) is 20.5. The van der Waals surface area contributed by atoms with Crippen LogP contribution in [-0.2, 0) is 9.53 Å². The predicted octanol–water partition coefficient (Wildman–Crippen LogP) is 5.18. The van der Waals surface area contributed by atoms with Gasteiger partial charge < -0.3 is 4.74 Å². The number of ketones is 1. The van der Waals surface area contributed by atoms with Crippen LogP contribution >= 0.6 is 0 Å². The number of ether oxygens (including phenoxy) is 1. The van der Waals surface area contributed by atoms with Crippen LogP contribution in [0.5, 0.6) is 0 Å². The van der Waals surface area contributed by atoms with E-state index in [0.717, 1.165) is 62.3 Å². The monoisotopic (exact) mass is 401 g/mol. The summed E-state index contributed by atoms with van der Waals surface area (Å²) in [5, 5.41) is 0. The van der Waals surface area contributed by atoms with Crippen molar-refractivity contribution in [3.63, 3.8) is 0 Å². The Hall–Kier alpha value is -0.410. The fourth-order valence-electron chi connectivity index (χ4n) is 9.09. The molecule has 8 atom stereocenters. The average Bonchev–Trinajstić information content (AvgIpc) is 3.06. The second kappa shape index (κ2) is 7.62. The van der Waals surface area contributed by atoms with Gasteiger partial charge in [-0.3, -0.25) is 9.69 Å². The zero-order valence-corrected chi connectivity index (χ0v) is 19.1. The van der Waals surface area contributed by atoms with E-state index in [2.05, 4.69) is 25.7 Å². The first-order valence-electron chi connectivity index (χ1n) is 12.7. The van der Waals surface area contributed by atoms with E-state index < -0.39 is 0 Å². The Kier molecular flexibility index (Phi) is 5.39. The van der Waals surface area contributed by atoms with E-state index >= 15 is 0 Å². The van der Waals surface area contributed by atoms with Gasteiger partial charge in [0, 0.05) is 19.0 Å². The number of fused-ring (bicyclic) bond motifs is 5. The summed E-state index contributed by atoms with van der Waals surface area (Å²) in [6.45, 7) is 11.8. The van der Waals surface area contributed by atoms with Crippen LogP contribution < -0.4 is 0 Å². The van der Waals surface area contributed by atoms with Crippen molar-refractivity contribution in [3.8, 4) is 0 Å². The third kappa shape index (κ3) is 3.34. The fraction of sp³-hybridized carbons (Fsp3) is 0.962. The number of carbonyl (C=O) groups excluding carboxylic acids is 1. The highest BCUT2D eigenvalue weighted by Crippen LogP contribution is 2.67. The third-order valence-corrected chi connectivity index (χ3v) is 10.8. The Morgan fingerprint density at radius 2 is 1.66 bits per heavy atom. The highest BCUT2D eigenvalue weighted by atomic mass is 16.5. The van der Waals surface area contributed by atoms with Crippen molar-refractivity contribution in [2.45, 2.75) is 78.6 Å². The number of rotatable bonds is 3. The van der Waals surface area contributed by atoms with Crippen molar-refractivity contribution in [2.24, 2.45) is 46.3 Å². The molecule has 3 nitrogen and oxygen atoms in total. The molecule has 5 fully saturated rings. The van der Waals surface area contributed by atoms with Gasteiger partial charge in [0.1, 0.15) is 5.78 Å². The Balaban J connectivity index is 1.31. The molecule has 1 aliphatic heterocycles. The fourth-order valence-corrected chi connectivity index (χ4v) is 9.09. The lowest BCUT2D eigenvalue weighted by molar-refractivity contribution is -0.138. The molecule has 164 valence electrons. The second-order valence-electron chi connectivity index (χ2n) is 12.1. The highest BCUT2D eigenvalue weighted by molar-refractivity contribution is 5.84. The van der Waals surface area contributed by atoms with Crippen molar-refractivity contribution in [3.05, 3.63) is 0 Å². The van der Waals surface area contributed by atoms with E-state index in [1.165, 1.54) is 51.4 Å². The molecule has 0 aromatic rings. The molecule has 3 heteroatoms. The summed E-state index contributed by atoms with van der Waals surface area (Å²) in [5.74, 6) is 5.39. The van der Waals surface area contributed by atoms with Gasteiger partial charge >= 0.3 is 0 Å². The minimum absolute atomic E-state index is 0.274. The van der Waals surface area contributed by atoms with Gasteiger partial charge in [0.05, 0.1) is 19.8 Å². The number of nitrogens with zero attached hydrogens (tertiary/aromatic N) is 1. The minimum atomic E-state index is 0.274. The second-order valence-corrected chi connectivity index (χ2v) is 12.1. The molecule has 2 unspecified atom stereocenters. The van der Waals surface area contributed by atoms with E-state index in [0.29, 0.717) is 23.7 Å². The summed E-state index contributed by atoms with van der Waals surface area (Å²) < 4.78 is 5.48. The summed E-state index contributed by atoms with van der Waals surface area (Å²) in [5.41, 5.74) is 0.863. The first-order valence-corrected chi connectivity index (χ1v) is 12.7. The molecule has 0 aromatic carbocycles. The Labute approximate surface area is 178 Å². The van der Waals surface area contributed by atoms with Crippen LogP contribution in [0.25, 0.3) is 0 Å². The number of hydrogen-bond donors (Lipinski definition) is 0. The summed E-state index contributed by atoms with van der Waals surface area (Å²) in [4.78, 5) is 15.7. The van der Waals surface area contributed by atoms with Crippen molar-refractivity contribution >= 4 is 5.78 Å².